The monoisotopic (exact) mass is 327 g/mol. The van der Waals surface area contributed by atoms with Gasteiger partial charge in [0.15, 0.2) is 29.4 Å². The van der Waals surface area contributed by atoms with Gasteiger partial charge in [-0.05, 0) is 6.92 Å². The van der Waals surface area contributed by atoms with E-state index in [2.05, 4.69) is 20.3 Å². The third-order valence-corrected chi connectivity index (χ3v) is 4.00. The Morgan fingerprint density at radius 1 is 1.52 bits per heavy atom. The van der Waals surface area contributed by atoms with Crippen LogP contribution in [0.15, 0.2) is 6.33 Å². The number of anilines is 1. The van der Waals surface area contributed by atoms with Crippen molar-refractivity contribution in [2.75, 3.05) is 26.1 Å². The fraction of sp³-hybridized carbons (Fsp3) is 0.615. The topological polar surface area (TPSA) is 115 Å². The summed E-state index contributed by atoms with van der Waals surface area (Å²) in [5.74, 6) is 0.421. The second kappa shape index (κ2) is 5.55. The average Bonchev–Trinajstić information content (AvgIpc) is 3.09. The number of aliphatic hydroxyl groups excluding tert-OH is 2. The molecule has 0 unspecified atom stereocenters. The summed E-state index contributed by atoms with van der Waals surface area (Å²) in [6, 6.07) is 0.0856. The van der Waals surface area contributed by atoms with Crippen LogP contribution in [0.1, 0.15) is 13.2 Å². The molecule has 0 radical (unpaired) electrons. The molecular formula is C13H18FN5O4. The number of halogens is 1. The van der Waals surface area contributed by atoms with Gasteiger partial charge in [0, 0.05) is 7.05 Å². The number of alkyl halides is 1. The van der Waals surface area contributed by atoms with Crippen molar-refractivity contribution < 1.29 is 24.1 Å². The van der Waals surface area contributed by atoms with Gasteiger partial charge in [-0.3, -0.25) is 4.57 Å². The van der Waals surface area contributed by atoms with Crippen molar-refractivity contribution in [3.63, 3.8) is 0 Å². The number of rotatable bonds is 4. The van der Waals surface area contributed by atoms with E-state index in [4.69, 9.17) is 9.47 Å². The number of aliphatic hydroxyl groups is 2. The average molecular weight is 327 g/mol. The highest BCUT2D eigenvalue weighted by Crippen LogP contribution is 2.40. The van der Waals surface area contributed by atoms with E-state index in [1.54, 1.807) is 7.05 Å². The second-order valence-electron chi connectivity index (χ2n) is 5.50. The fourth-order valence-electron chi connectivity index (χ4n) is 2.59. The van der Waals surface area contributed by atoms with Crippen molar-refractivity contribution in [2.24, 2.45) is 0 Å². The van der Waals surface area contributed by atoms with Gasteiger partial charge in [0.05, 0.1) is 20.0 Å². The van der Waals surface area contributed by atoms with Gasteiger partial charge in [0.25, 0.3) is 0 Å². The molecule has 0 saturated carbocycles. The van der Waals surface area contributed by atoms with Gasteiger partial charge >= 0.3 is 6.01 Å². The summed E-state index contributed by atoms with van der Waals surface area (Å²) in [5, 5.41) is 22.2. The van der Waals surface area contributed by atoms with Gasteiger partial charge in [-0.15, -0.1) is 0 Å². The lowest BCUT2D eigenvalue weighted by Crippen LogP contribution is -2.42. The highest BCUT2D eigenvalue weighted by atomic mass is 19.1. The third-order valence-electron chi connectivity index (χ3n) is 4.00. The van der Waals surface area contributed by atoms with Gasteiger partial charge in [-0.2, -0.15) is 9.97 Å². The molecule has 0 aromatic carbocycles. The Kier molecular flexibility index (Phi) is 3.82. The maximum absolute atomic E-state index is 14.5. The predicted molar refractivity (Wildman–Crippen MR) is 77.9 cm³/mol. The van der Waals surface area contributed by atoms with Gasteiger partial charge in [0.2, 0.25) is 0 Å². The number of nitrogens with zero attached hydrogens (tertiary/aromatic N) is 4. The summed E-state index contributed by atoms with van der Waals surface area (Å²) >= 11 is 0. The van der Waals surface area contributed by atoms with Crippen LogP contribution in [0.3, 0.4) is 0 Å². The Bertz CT molecular complexity index is 726. The number of fused-ring (bicyclic) bond motifs is 1. The van der Waals surface area contributed by atoms with Gasteiger partial charge in [-0.25, -0.2) is 9.37 Å². The van der Waals surface area contributed by atoms with Crippen molar-refractivity contribution in [1.82, 2.24) is 19.5 Å². The summed E-state index contributed by atoms with van der Waals surface area (Å²) in [6.45, 7) is 0.926. The molecule has 0 amide bonds. The Morgan fingerprint density at radius 2 is 2.26 bits per heavy atom. The van der Waals surface area contributed by atoms with Crippen molar-refractivity contribution in [3.8, 4) is 6.01 Å². The summed E-state index contributed by atoms with van der Waals surface area (Å²) in [5.41, 5.74) is -0.691. The largest absolute Gasteiger partial charge is 0.467 e. The van der Waals surface area contributed by atoms with Crippen LogP contribution in [0.5, 0.6) is 6.01 Å². The first-order valence-electron chi connectivity index (χ1n) is 7.02. The second-order valence-corrected chi connectivity index (χ2v) is 5.50. The molecule has 1 aliphatic heterocycles. The minimum atomic E-state index is -1.75. The van der Waals surface area contributed by atoms with Crippen LogP contribution in [0.4, 0.5) is 10.2 Å². The molecule has 23 heavy (non-hydrogen) atoms. The molecule has 0 spiro atoms. The predicted octanol–water partition coefficient (Wildman–Crippen LogP) is -0.145. The van der Waals surface area contributed by atoms with E-state index in [0.29, 0.717) is 17.0 Å². The zero-order chi connectivity index (χ0) is 16.8. The molecule has 0 aliphatic carbocycles. The van der Waals surface area contributed by atoms with Crippen LogP contribution in [-0.2, 0) is 4.74 Å². The molecule has 126 valence electrons. The SMILES string of the molecule is CNc1nc(OC)nc2c1ncn2[C@@H]1O[C@](C)(CO)[C@@H](O)[C@H]1F. The Balaban J connectivity index is 2.10. The molecule has 2 aromatic rings. The lowest BCUT2D eigenvalue weighted by atomic mass is 9.99. The standard InChI is InChI=1S/C13H18FN5O4/c1-13(4-20)8(21)6(14)11(23-13)19-5-16-7-9(15-2)17-12(22-3)18-10(7)19/h5-6,8,11,20-21H,4H2,1-3H3,(H,15,17,18)/t6-,8+,11-,13-/m1/s1. The van der Waals surface area contributed by atoms with Gasteiger partial charge in [-0.1, -0.05) is 0 Å². The Labute approximate surface area is 131 Å². The van der Waals surface area contributed by atoms with E-state index in [1.165, 1.54) is 24.9 Å². The Morgan fingerprint density at radius 3 is 2.83 bits per heavy atom. The molecule has 2 aromatic heterocycles. The Hall–Kier alpha value is -2.04. The molecule has 1 aliphatic rings. The van der Waals surface area contributed by atoms with E-state index in [9.17, 15) is 14.6 Å². The highest BCUT2D eigenvalue weighted by Gasteiger charge is 2.53. The summed E-state index contributed by atoms with van der Waals surface area (Å²) in [6.07, 6.45) is -3.03. The minimum absolute atomic E-state index is 0.0856. The zero-order valence-corrected chi connectivity index (χ0v) is 12.9. The van der Waals surface area contributed by atoms with E-state index in [0.717, 1.165) is 0 Å². The summed E-state index contributed by atoms with van der Waals surface area (Å²) in [4.78, 5) is 12.5. The first kappa shape index (κ1) is 15.8. The third kappa shape index (κ3) is 2.30. The van der Waals surface area contributed by atoms with Crippen molar-refractivity contribution in [3.05, 3.63) is 6.33 Å². The first-order chi connectivity index (χ1) is 10.9. The smallest absolute Gasteiger partial charge is 0.320 e. The van der Waals surface area contributed by atoms with E-state index < -0.39 is 30.7 Å². The maximum Gasteiger partial charge on any atom is 0.320 e. The van der Waals surface area contributed by atoms with Crippen LogP contribution in [0, 0.1) is 0 Å². The molecule has 10 heteroatoms. The van der Waals surface area contributed by atoms with E-state index in [-0.39, 0.29) is 6.01 Å². The fourth-order valence-corrected chi connectivity index (χ4v) is 2.59. The van der Waals surface area contributed by atoms with Crippen LogP contribution in [0.25, 0.3) is 11.2 Å². The van der Waals surface area contributed by atoms with Crippen molar-refractivity contribution in [2.45, 2.75) is 31.0 Å². The van der Waals surface area contributed by atoms with Crippen LogP contribution in [-0.4, -0.2) is 68.4 Å². The summed E-state index contributed by atoms with van der Waals surface area (Å²) < 4.78 is 26.4. The van der Waals surface area contributed by atoms with Crippen molar-refractivity contribution >= 4 is 17.0 Å². The summed E-state index contributed by atoms with van der Waals surface area (Å²) in [7, 11) is 3.08. The molecule has 9 nitrogen and oxygen atoms in total. The molecular weight excluding hydrogens is 309 g/mol. The number of methoxy groups -OCH3 is 1. The molecule has 1 saturated heterocycles. The molecule has 3 heterocycles. The number of aromatic nitrogens is 4. The van der Waals surface area contributed by atoms with Crippen molar-refractivity contribution in [1.29, 1.82) is 0 Å². The number of nitrogens with one attached hydrogen (secondary N) is 1. The van der Waals surface area contributed by atoms with Gasteiger partial charge in [0.1, 0.15) is 11.7 Å². The molecule has 1 fully saturated rings. The van der Waals surface area contributed by atoms with Gasteiger partial charge < -0.3 is 25.0 Å². The molecule has 4 atom stereocenters. The zero-order valence-electron chi connectivity index (χ0n) is 12.9. The number of ether oxygens (including phenoxy) is 2. The van der Waals surface area contributed by atoms with E-state index >= 15 is 0 Å². The van der Waals surface area contributed by atoms with Crippen LogP contribution in [0.2, 0.25) is 0 Å². The number of hydrogen-bond acceptors (Lipinski definition) is 8. The normalized spacial score (nSPS) is 30.8. The maximum atomic E-state index is 14.5. The number of imidazole rings is 1. The lowest BCUT2D eigenvalue weighted by Gasteiger charge is -2.24. The first-order valence-corrected chi connectivity index (χ1v) is 7.02. The highest BCUT2D eigenvalue weighted by molar-refractivity contribution is 5.83. The lowest BCUT2D eigenvalue weighted by molar-refractivity contribution is -0.115. The molecule has 3 N–H and O–H groups in total. The van der Waals surface area contributed by atoms with Crippen LogP contribution < -0.4 is 10.1 Å². The van der Waals surface area contributed by atoms with Crippen LogP contribution >= 0.6 is 0 Å². The minimum Gasteiger partial charge on any atom is -0.467 e. The molecule has 3 rings (SSSR count). The van der Waals surface area contributed by atoms with E-state index in [1.807, 2.05) is 0 Å². The molecule has 0 bridgehead atoms. The quantitative estimate of drug-likeness (QED) is 0.711. The number of hydrogen-bond donors (Lipinski definition) is 3.